The Morgan fingerprint density at radius 2 is 1.33 bits per heavy atom. The molecule has 0 unspecified atom stereocenters. The van der Waals surface area contributed by atoms with E-state index in [1.807, 2.05) is 36.4 Å². The molecule has 5 N–H and O–H groups in total. The fourth-order valence-corrected chi connectivity index (χ4v) is 6.38. The Kier molecular flexibility index (Phi) is 16.4. The normalized spacial score (nSPS) is 12.7. The van der Waals surface area contributed by atoms with Crippen LogP contribution in [0.15, 0.2) is 79.4 Å². The lowest BCUT2D eigenvalue weighted by atomic mass is 10.1. The van der Waals surface area contributed by atoms with E-state index in [9.17, 15) is 9.50 Å². The highest BCUT2D eigenvalue weighted by Crippen LogP contribution is 2.36. The van der Waals surface area contributed by atoms with Gasteiger partial charge in [0.2, 0.25) is 0 Å². The number of hydrogen-bond acceptors (Lipinski definition) is 14. The van der Waals surface area contributed by atoms with Crippen LogP contribution in [0.3, 0.4) is 0 Å². The molecule has 1 fully saturated rings. The van der Waals surface area contributed by atoms with Crippen molar-refractivity contribution in [2.24, 2.45) is 0 Å². The summed E-state index contributed by atoms with van der Waals surface area (Å²) in [5.74, 6) is 4.92. The lowest BCUT2D eigenvalue weighted by Crippen LogP contribution is -2.37. The van der Waals surface area contributed by atoms with Crippen molar-refractivity contribution in [3.8, 4) is 29.6 Å². The molecule has 0 bridgehead atoms. The number of morpholine rings is 1. The van der Waals surface area contributed by atoms with Gasteiger partial charge in [-0.05, 0) is 61.0 Å². The third-order valence-electron chi connectivity index (χ3n) is 9.26. The first-order chi connectivity index (χ1) is 29.4. The number of ether oxygens (including phenoxy) is 4. The zero-order chi connectivity index (χ0) is 42.1. The van der Waals surface area contributed by atoms with Crippen molar-refractivity contribution in [1.29, 1.82) is 0 Å². The van der Waals surface area contributed by atoms with E-state index >= 15 is 0 Å². The minimum absolute atomic E-state index is 0.0234. The van der Waals surface area contributed by atoms with Gasteiger partial charge in [0, 0.05) is 85.0 Å². The summed E-state index contributed by atoms with van der Waals surface area (Å²) in [6, 6.07) is 19.1. The maximum absolute atomic E-state index is 13.5. The molecule has 16 heteroatoms. The predicted octanol–water partition coefficient (Wildman–Crippen LogP) is 6.64. The van der Waals surface area contributed by atoms with Gasteiger partial charge in [0.15, 0.2) is 11.5 Å². The van der Waals surface area contributed by atoms with Crippen molar-refractivity contribution in [3.05, 3.63) is 101 Å². The number of fused-ring (bicyclic) bond motifs is 2. The summed E-state index contributed by atoms with van der Waals surface area (Å²) < 4.78 is 36.4. The van der Waals surface area contributed by atoms with Crippen LogP contribution in [-0.4, -0.2) is 106 Å². The van der Waals surface area contributed by atoms with Crippen molar-refractivity contribution in [2.45, 2.75) is 25.9 Å². The Labute approximate surface area is 352 Å². The Balaban J connectivity index is 0.000000202. The van der Waals surface area contributed by atoms with Crippen LogP contribution >= 0.6 is 11.6 Å². The van der Waals surface area contributed by atoms with Crippen LogP contribution in [0.4, 0.5) is 27.4 Å². The molecule has 1 aliphatic rings. The highest BCUT2D eigenvalue weighted by atomic mass is 35.5. The first kappa shape index (κ1) is 43.7. The van der Waals surface area contributed by atoms with Gasteiger partial charge >= 0.3 is 0 Å². The largest absolute Gasteiger partial charge is 0.493 e. The molecule has 7 rings (SSSR count). The maximum Gasteiger partial charge on any atom is 0.163 e. The fraction of sp³-hybridized carbons (Fsp3) is 0.318. The van der Waals surface area contributed by atoms with E-state index in [1.165, 1.54) is 24.8 Å². The zero-order valence-corrected chi connectivity index (χ0v) is 33.7. The van der Waals surface area contributed by atoms with Crippen molar-refractivity contribution >= 4 is 56.4 Å². The summed E-state index contributed by atoms with van der Waals surface area (Å²) in [5, 5.41) is 35.7. The van der Waals surface area contributed by atoms with E-state index in [0.29, 0.717) is 83.8 Å². The molecule has 60 heavy (non-hydrogen) atoms. The highest BCUT2D eigenvalue weighted by Gasteiger charge is 2.15. The fourth-order valence-electron chi connectivity index (χ4n) is 6.20. The van der Waals surface area contributed by atoms with Gasteiger partial charge in [-0.3, -0.25) is 4.90 Å². The first-order valence-corrected chi connectivity index (χ1v) is 19.9. The second-order valence-electron chi connectivity index (χ2n) is 13.5. The second-order valence-corrected chi connectivity index (χ2v) is 13.9. The molecule has 14 nitrogen and oxygen atoms in total. The van der Waals surface area contributed by atoms with Gasteiger partial charge in [-0.2, -0.15) is 0 Å². The number of aliphatic hydroxyl groups is 3. The first-order valence-electron chi connectivity index (χ1n) is 19.5. The van der Waals surface area contributed by atoms with Crippen molar-refractivity contribution in [1.82, 2.24) is 24.8 Å². The molecule has 3 heterocycles. The molecular weight excluding hydrogens is 793 g/mol. The number of aliphatic hydroxyl groups excluding tert-OH is 3. The highest BCUT2D eigenvalue weighted by molar-refractivity contribution is 6.31. The van der Waals surface area contributed by atoms with Crippen LogP contribution in [0.1, 0.15) is 30.4 Å². The quantitative estimate of drug-likeness (QED) is 0.0460. The number of rotatable bonds is 18. The Hall–Kier alpha value is -5.86. The summed E-state index contributed by atoms with van der Waals surface area (Å²) in [6.45, 7) is 5.52. The zero-order valence-electron chi connectivity index (χ0n) is 32.9. The monoisotopic (exact) mass is 839 g/mol. The van der Waals surface area contributed by atoms with Gasteiger partial charge in [0.05, 0.1) is 55.7 Å². The minimum atomic E-state index is -0.486. The van der Waals surface area contributed by atoms with Gasteiger partial charge in [0.25, 0.3) is 0 Å². The van der Waals surface area contributed by atoms with Gasteiger partial charge < -0.3 is 44.9 Å². The third-order valence-corrected chi connectivity index (χ3v) is 9.55. The third kappa shape index (κ3) is 12.1. The van der Waals surface area contributed by atoms with Crippen LogP contribution in [-0.2, 0) is 11.3 Å². The van der Waals surface area contributed by atoms with Crippen molar-refractivity contribution in [3.63, 3.8) is 0 Å². The van der Waals surface area contributed by atoms with E-state index in [-0.39, 0.29) is 24.8 Å². The molecular formula is C44H47ClFN7O7. The van der Waals surface area contributed by atoms with Crippen LogP contribution < -0.4 is 24.8 Å². The number of benzene rings is 4. The van der Waals surface area contributed by atoms with E-state index in [2.05, 4.69) is 41.4 Å². The number of halogens is 2. The predicted molar refractivity (Wildman–Crippen MR) is 229 cm³/mol. The molecule has 0 spiro atoms. The molecule has 0 aliphatic carbocycles. The van der Waals surface area contributed by atoms with E-state index in [0.717, 1.165) is 61.3 Å². The lowest BCUT2D eigenvalue weighted by molar-refractivity contribution is 0.0357. The standard InChI is InChI=1S/C22H24ClFN4O3.C22H23N3O4/c23-18-11-16(2-3-19(18)24)27-22-17-12-21(15(13-29)10-20(17)25-14-26-22)31-7-1-4-28-5-8-30-9-6-28;1-2-16-6-3-7-17(12-16)25-22-18-13-20(28-10-4-8-26)21(29-11-5-9-27)14-19(18)23-15-24-22/h2-3,10-12,14,29H,1,4-9,13H2,(H,25,26,27);1,3,6-7,12-15,26-27H,4-5,8-11H2,(H,23,24,25). The summed E-state index contributed by atoms with van der Waals surface area (Å²) in [6.07, 6.45) is 10.3. The average molecular weight is 840 g/mol. The Bertz CT molecular complexity index is 2380. The summed E-state index contributed by atoms with van der Waals surface area (Å²) in [5.41, 5.74) is 4.19. The van der Waals surface area contributed by atoms with Gasteiger partial charge in [-0.15, -0.1) is 6.42 Å². The molecule has 1 aliphatic heterocycles. The number of aromatic nitrogens is 4. The summed E-state index contributed by atoms with van der Waals surface area (Å²) >= 11 is 5.88. The van der Waals surface area contributed by atoms with Gasteiger partial charge in [-0.1, -0.05) is 23.6 Å². The van der Waals surface area contributed by atoms with Crippen LogP contribution in [0.25, 0.3) is 21.8 Å². The molecule has 0 amide bonds. The van der Waals surface area contributed by atoms with Crippen LogP contribution in [0.2, 0.25) is 5.02 Å². The van der Waals surface area contributed by atoms with Crippen molar-refractivity contribution in [2.75, 3.05) is 76.5 Å². The molecule has 0 radical (unpaired) electrons. The molecule has 314 valence electrons. The second kappa shape index (κ2) is 22.5. The van der Waals surface area contributed by atoms with E-state index in [1.54, 1.807) is 18.2 Å². The van der Waals surface area contributed by atoms with E-state index < -0.39 is 5.82 Å². The molecule has 0 saturated carbocycles. The smallest absolute Gasteiger partial charge is 0.163 e. The minimum Gasteiger partial charge on any atom is -0.493 e. The Morgan fingerprint density at radius 3 is 1.97 bits per heavy atom. The number of anilines is 4. The lowest BCUT2D eigenvalue weighted by Gasteiger charge is -2.26. The maximum atomic E-state index is 13.5. The number of terminal acetylenes is 1. The SMILES string of the molecule is C#Cc1cccc(Nc2ncnc3cc(OCCCO)c(OCCCO)cc23)c1.OCc1cc2ncnc(Nc3ccc(F)c(Cl)c3)c2cc1OCCCN1CCOCC1. The van der Waals surface area contributed by atoms with Crippen LogP contribution in [0.5, 0.6) is 17.2 Å². The molecule has 2 aromatic heterocycles. The molecule has 4 aromatic carbocycles. The number of nitrogens with zero attached hydrogens (tertiary/aromatic N) is 5. The Morgan fingerprint density at radius 1 is 0.733 bits per heavy atom. The molecule has 1 saturated heterocycles. The molecule has 0 atom stereocenters. The van der Waals surface area contributed by atoms with Crippen LogP contribution in [0, 0.1) is 18.2 Å². The molecule has 6 aromatic rings. The summed E-state index contributed by atoms with van der Waals surface area (Å²) in [4.78, 5) is 19.7. The van der Waals surface area contributed by atoms with Gasteiger partial charge in [-0.25, -0.2) is 24.3 Å². The summed E-state index contributed by atoms with van der Waals surface area (Å²) in [7, 11) is 0. The topological polar surface area (TPSA) is 176 Å². The van der Waals surface area contributed by atoms with E-state index in [4.69, 9.17) is 47.2 Å². The van der Waals surface area contributed by atoms with Gasteiger partial charge in [0.1, 0.15) is 35.9 Å². The van der Waals surface area contributed by atoms with Crippen molar-refractivity contribution < 1.29 is 38.7 Å². The number of nitrogens with one attached hydrogen (secondary N) is 2. The average Bonchev–Trinajstić information content (AvgIpc) is 3.27. The number of hydrogen-bond donors (Lipinski definition) is 5.